The molecule has 0 saturated carbocycles. The van der Waals surface area contributed by atoms with Crippen LogP contribution in [0.5, 0.6) is 0 Å². The van der Waals surface area contributed by atoms with Crippen LogP contribution < -0.4 is 5.32 Å². The molecule has 2 aromatic rings. The number of carbonyl (C=O) groups excluding carboxylic acids is 1. The van der Waals surface area contributed by atoms with Crippen molar-refractivity contribution in [2.75, 3.05) is 133 Å². The maximum absolute atomic E-state index is 12.9. The SMILES string of the molecule is COCCOCCOCCOCCN(CCCC[C@@H](CC(=O)O)NC(=O)OCC1c2ccccc2-c2ccccc21)CCOCCOCCOCCOC. The van der Waals surface area contributed by atoms with Crippen molar-refractivity contribution >= 4 is 12.1 Å². The Morgan fingerprint density at radius 1 is 0.630 bits per heavy atom. The van der Waals surface area contributed by atoms with Gasteiger partial charge in [0.2, 0.25) is 0 Å². The van der Waals surface area contributed by atoms with Gasteiger partial charge in [0, 0.05) is 39.3 Å². The Hall–Kier alpha value is -3.18. The Morgan fingerprint density at radius 2 is 1.07 bits per heavy atom. The fourth-order valence-electron chi connectivity index (χ4n) is 6.06. The van der Waals surface area contributed by atoms with Crippen LogP contribution in [0.3, 0.4) is 0 Å². The van der Waals surface area contributed by atoms with Crippen LogP contribution >= 0.6 is 0 Å². The Labute approximate surface area is 320 Å². The third kappa shape index (κ3) is 18.9. The van der Waals surface area contributed by atoms with Crippen molar-refractivity contribution in [2.24, 2.45) is 0 Å². The molecule has 0 bridgehead atoms. The number of benzene rings is 2. The number of fused-ring (bicyclic) bond motifs is 3. The largest absolute Gasteiger partial charge is 0.481 e. The van der Waals surface area contributed by atoms with Crippen LogP contribution in [0, 0.1) is 0 Å². The predicted octanol–water partition coefficient (Wildman–Crippen LogP) is 4.23. The lowest BCUT2D eigenvalue weighted by Crippen LogP contribution is -2.37. The zero-order valence-electron chi connectivity index (χ0n) is 32.2. The molecule has 0 aliphatic heterocycles. The van der Waals surface area contributed by atoms with Gasteiger partial charge in [-0.05, 0) is 41.6 Å². The molecule has 0 heterocycles. The third-order valence-electron chi connectivity index (χ3n) is 8.82. The summed E-state index contributed by atoms with van der Waals surface area (Å²) >= 11 is 0. The maximum atomic E-state index is 12.9. The first-order chi connectivity index (χ1) is 26.5. The number of carbonyl (C=O) groups is 2. The molecule has 1 atom stereocenters. The molecule has 0 spiro atoms. The van der Waals surface area contributed by atoms with Gasteiger partial charge >= 0.3 is 12.1 Å². The minimum atomic E-state index is -0.972. The van der Waals surface area contributed by atoms with E-state index in [0.717, 1.165) is 41.6 Å². The molecule has 2 N–H and O–H groups in total. The van der Waals surface area contributed by atoms with Gasteiger partial charge in [0.25, 0.3) is 0 Å². The lowest BCUT2D eigenvalue weighted by molar-refractivity contribution is -0.137. The van der Waals surface area contributed by atoms with Crippen LogP contribution in [0.25, 0.3) is 11.1 Å². The number of unbranched alkanes of at least 4 members (excludes halogenated alkanes) is 1. The second-order valence-electron chi connectivity index (χ2n) is 12.8. The summed E-state index contributed by atoms with van der Waals surface area (Å²) in [5, 5.41) is 12.4. The number of aliphatic carboxylic acids is 1. The highest BCUT2D eigenvalue weighted by Gasteiger charge is 2.29. The highest BCUT2D eigenvalue weighted by molar-refractivity contribution is 5.79. The summed E-state index contributed by atoms with van der Waals surface area (Å²) in [6, 6.07) is 15.7. The lowest BCUT2D eigenvalue weighted by atomic mass is 9.98. The average molecular weight is 763 g/mol. The first-order valence-corrected chi connectivity index (χ1v) is 19.0. The molecule has 0 aromatic heterocycles. The molecule has 1 amide bonds. The molecule has 1 aliphatic carbocycles. The molecular weight excluding hydrogens is 700 g/mol. The van der Waals surface area contributed by atoms with Crippen molar-refractivity contribution in [1.82, 2.24) is 10.2 Å². The molecular formula is C40H62N2O12. The zero-order valence-corrected chi connectivity index (χ0v) is 32.2. The second kappa shape index (κ2) is 29.2. The number of amides is 1. The van der Waals surface area contributed by atoms with Crippen LogP contribution in [0.2, 0.25) is 0 Å². The monoisotopic (exact) mass is 762 g/mol. The van der Waals surface area contributed by atoms with Gasteiger partial charge in [-0.15, -0.1) is 0 Å². The van der Waals surface area contributed by atoms with Gasteiger partial charge in [-0.1, -0.05) is 55.0 Å². The van der Waals surface area contributed by atoms with E-state index >= 15 is 0 Å². The highest BCUT2D eigenvalue weighted by Crippen LogP contribution is 2.44. The molecule has 3 rings (SSSR count). The van der Waals surface area contributed by atoms with E-state index in [9.17, 15) is 14.7 Å². The van der Waals surface area contributed by atoms with Gasteiger partial charge in [-0.25, -0.2) is 4.79 Å². The first kappa shape index (κ1) is 45.2. The van der Waals surface area contributed by atoms with Crippen molar-refractivity contribution in [1.29, 1.82) is 0 Å². The highest BCUT2D eigenvalue weighted by atomic mass is 16.6. The summed E-state index contributed by atoms with van der Waals surface area (Å²) in [4.78, 5) is 26.9. The number of nitrogens with zero attached hydrogens (tertiary/aromatic N) is 1. The van der Waals surface area contributed by atoms with Crippen LogP contribution in [-0.2, 0) is 47.4 Å². The van der Waals surface area contributed by atoms with Crippen LogP contribution in [0.1, 0.15) is 42.7 Å². The predicted molar refractivity (Wildman–Crippen MR) is 203 cm³/mol. The topological polar surface area (TPSA) is 153 Å². The van der Waals surface area contributed by atoms with Gasteiger partial charge in [0.1, 0.15) is 6.61 Å². The lowest BCUT2D eigenvalue weighted by Gasteiger charge is -2.23. The third-order valence-corrected chi connectivity index (χ3v) is 8.82. The molecule has 304 valence electrons. The molecule has 14 nitrogen and oxygen atoms in total. The van der Waals surface area contributed by atoms with Crippen molar-refractivity contribution in [3.05, 3.63) is 59.7 Å². The fourth-order valence-corrected chi connectivity index (χ4v) is 6.06. The Balaban J connectivity index is 1.38. The van der Waals surface area contributed by atoms with E-state index in [1.165, 1.54) is 0 Å². The second-order valence-corrected chi connectivity index (χ2v) is 12.8. The number of hydrogen-bond acceptors (Lipinski definition) is 12. The Kier molecular flexibility index (Phi) is 24.4. The van der Waals surface area contributed by atoms with Gasteiger partial charge in [-0.3, -0.25) is 9.69 Å². The van der Waals surface area contributed by atoms with E-state index in [-0.39, 0.29) is 18.9 Å². The molecule has 1 aliphatic rings. The average Bonchev–Trinajstić information content (AvgIpc) is 3.49. The minimum Gasteiger partial charge on any atom is -0.481 e. The van der Waals surface area contributed by atoms with E-state index in [0.29, 0.717) is 112 Å². The summed E-state index contributed by atoms with van der Waals surface area (Å²) < 4.78 is 49.1. The smallest absolute Gasteiger partial charge is 0.407 e. The summed E-state index contributed by atoms with van der Waals surface area (Å²) in [7, 11) is 3.28. The summed E-state index contributed by atoms with van der Waals surface area (Å²) in [6.07, 6.45) is 1.25. The number of hydrogen-bond donors (Lipinski definition) is 2. The number of methoxy groups -OCH3 is 2. The quantitative estimate of drug-likeness (QED) is 0.0980. The number of nitrogens with one attached hydrogen (secondary N) is 1. The zero-order chi connectivity index (χ0) is 38.5. The van der Waals surface area contributed by atoms with E-state index in [1.807, 2.05) is 24.3 Å². The summed E-state index contributed by atoms with van der Waals surface area (Å²) in [5.41, 5.74) is 4.53. The van der Waals surface area contributed by atoms with Crippen molar-refractivity contribution in [2.45, 2.75) is 37.6 Å². The van der Waals surface area contributed by atoms with Gasteiger partial charge in [0.05, 0.1) is 98.9 Å². The molecule has 0 fully saturated rings. The summed E-state index contributed by atoms with van der Waals surface area (Å²) in [5.74, 6) is -1.04. The standard InChI is InChI=1S/C40H62N2O12/c1-46-19-21-50-27-29-52-25-23-48-17-15-42(16-18-49-24-26-53-30-28-51-22-20-47-2)14-8-7-9-33(31-39(43)44)41-40(45)54-32-38-36-12-5-3-10-34(36)35-11-4-6-13-37(35)38/h3-6,10-13,33,38H,7-9,14-32H2,1-2H3,(H,41,45)(H,43,44)/t33-/m0/s1. The normalized spacial score (nSPS) is 12.9. The first-order valence-electron chi connectivity index (χ1n) is 19.0. The molecule has 2 aromatic carbocycles. The van der Waals surface area contributed by atoms with Crippen molar-refractivity contribution < 1.29 is 57.3 Å². The fraction of sp³-hybridized carbons (Fsp3) is 0.650. The van der Waals surface area contributed by atoms with Crippen LogP contribution in [-0.4, -0.2) is 161 Å². The van der Waals surface area contributed by atoms with Gasteiger partial charge in [-0.2, -0.15) is 0 Å². The molecule has 0 radical (unpaired) electrons. The number of alkyl carbamates (subject to hydrolysis) is 1. The number of carboxylic acids is 1. The van der Waals surface area contributed by atoms with Crippen molar-refractivity contribution in [3.8, 4) is 11.1 Å². The van der Waals surface area contributed by atoms with Crippen molar-refractivity contribution in [3.63, 3.8) is 0 Å². The Morgan fingerprint density at radius 3 is 1.54 bits per heavy atom. The summed E-state index contributed by atoms with van der Waals surface area (Å²) in [6.45, 7) is 9.57. The van der Waals surface area contributed by atoms with E-state index in [2.05, 4.69) is 34.5 Å². The number of carboxylic acid groups (broad SMARTS) is 1. The Bertz CT molecular complexity index is 1210. The van der Waals surface area contributed by atoms with E-state index < -0.39 is 18.1 Å². The molecule has 0 unspecified atom stereocenters. The van der Waals surface area contributed by atoms with Gasteiger partial charge in [0.15, 0.2) is 0 Å². The molecule has 54 heavy (non-hydrogen) atoms. The number of rotatable bonds is 34. The maximum Gasteiger partial charge on any atom is 0.407 e. The van der Waals surface area contributed by atoms with E-state index in [4.69, 9.17) is 42.6 Å². The molecule has 0 saturated heterocycles. The number of ether oxygens (including phenoxy) is 9. The van der Waals surface area contributed by atoms with Crippen LogP contribution in [0.15, 0.2) is 48.5 Å². The van der Waals surface area contributed by atoms with Crippen LogP contribution in [0.4, 0.5) is 4.79 Å². The van der Waals surface area contributed by atoms with Gasteiger partial charge < -0.3 is 53.1 Å². The molecule has 14 heteroatoms. The van der Waals surface area contributed by atoms with E-state index in [1.54, 1.807) is 14.2 Å². The minimum absolute atomic E-state index is 0.0725.